The second-order valence-corrected chi connectivity index (χ2v) is 29.2. The van der Waals surface area contributed by atoms with Crippen LogP contribution >= 0.6 is 95.6 Å². The number of H-pyrrole nitrogens is 1. The molecule has 121 heavy (non-hydrogen) atoms. The van der Waals surface area contributed by atoms with Gasteiger partial charge in [-0.2, -0.15) is 20.2 Å². The highest BCUT2D eigenvalue weighted by Gasteiger charge is 2.27. The number of hydrogen-bond donors (Lipinski definition) is 6. The van der Waals surface area contributed by atoms with Crippen LogP contribution in [0.25, 0.3) is 57.1 Å². The Labute approximate surface area is 738 Å². The summed E-state index contributed by atoms with van der Waals surface area (Å²) in [4.78, 5) is 92.0. The third-order valence-corrected chi connectivity index (χ3v) is 18.9. The molecular formula is C82H67Br6F2N15O16. The summed E-state index contributed by atoms with van der Waals surface area (Å²) in [5.41, 5.74) is 14.5. The van der Waals surface area contributed by atoms with Gasteiger partial charge in [-0.3, -0.25) is 25.2 Å². The van der Waals surface area contributed by atoms with Gasteiger partial charge in [0.25, 0.3) is 35.0 Å². The Morgan fingerprint density at radius 3 is 1.31 bits per heavy atom. The molecule has 31 nitrogen and oxygen atoms in total. The number of benzene rings is 8. The van der Waals surface area contributed by atoms with Crippen molar-refractivity contribution in [2.75, 3.05) is 56.9 Å². The minimum absolute atomic E-state index is 0.0183. The molecule has 5 aromatic heterocycles. The van der Waals surface area contributed by atoms with Crippen molar-refractivity contribution in [2.24, 2.45) is 10.9 Å². The van der Waals surface area contributed by atoms with E-state index in [2.05, 4.69) is 166 Å². The van der Waals surface area contributed by atoms with Crippen molar-refractivity contribution < 1.29 is 80.6 Å². The summed E-state index contributed by atoms with van der Waals surface area (Å²) in [6.07, 6.45) is 0.312. The molecule has 0 fully saturated rings. The molecule has 0 atom stereocenters. The summed E-state index contributed by atoms with van der Waals surface area (Å²) in [7, 11) is 11.0. The number of rotatable bonds is 19. The Balaban J connectivity index is 0.000000189. The van der Waals surface area contributed by atoms with Crippen LogP contribution in [0, 0.1) is 23.0 Å². The summed E-state index contributed by atoms with van der Waals surface area (Å²) in [6.45, 7) is 0. The third-order valence-electron chi connectivity index (χ3n) is 15.7. The van der Waals surface area contributed by atoms with Crippen LogP contribution in [-0.4, -0.2) is 147 Å². The number of amides is 2. The number of esters is 2. The number of aromatic hydroxyl groups is 1. The van der Waals surface area contributed by atoms with Crippen molar-refractivity contribution in [3.63, 3.8) is 0 Å². The molecule has 0 aliphatic heterocycles. The van der Waals surface area contributed by atoms with Crippen LogP contribution in [0.2, 0.25) is 0 Å². The standard InChI is InChI=1S/C21H18BrFN4O4.C21H16BrFN4O3.C14H13BrN2O4.C12H9BrN2O4.C7H7BrN2O.C7H4BrN/c1-30-18-17(20(29)27-26-16(28)11-12-3-9-15(23)10-4-12)24-19(25-21(18)31-2)13-5-7-14(22)8-6-13;1-28-18-17(20-27-26-16(30-20)11-12-3-9-15(23)10-4-12)24-19(25-21(18)29-2)13-5-7-14(22)8-6-13;1-19-11-10(14(18)21-3)16-12(17-13(11)20-2)8-4-6-9(15)7-5-8;1-19-12(18)8-9(16)11(17)15-10(14-8)6-2-4-7(13)5-3-6;8-6-3-1-5(2-4-6)7(9)10-11;8-7-3-1-6(5-9)2-4-7/h3-10H,11H2,1-2H3,(H,26,28)(H,27,29);3-10H,11H2,1-2H3;4-7H,1-3H3;2-5,16H,1H3,(H,14,15,17);1-4,11H,(H2,9,10);1-4H. The number of hydrogen-bond acceptors (Lipinski definition) is 27. The maximum atomic E-state index is 13.1. The van der Waals surface area contributed by atoms with Gasteiger partial charge in [0, 0.05) is 54.7 Å². The summed E-state index contributed by atoms with van der Waals surface area (Å²) >= 11 is 20.0. The number of methoxy groups -OCH3 is 8. The van der Waals surface area contributed by atoms with Gasteiger partial charge in [-0.1, -0.05) is 186 Å². The van der Waals surface area contributed by atoms with Crippen molar-refractivity contribution in [1.29, 1.82) is 5.26 Å². The highest BCUT2D eigenvalue weighted by Crippen LogP contribution is 2.38. The Kier molecular flexibility index (Phi) is 35.8. The molecule has 13 aromatic rings. The Bertz CT molecular complexity index is 5850. The predicted molar refractivity (Wildman–Crippen MR) is 461 cm³/mol. The molecule has 0 unspecified atom stereocenters. The largest absolute Gasteiger partial charge is 0.501 e. The molecule has 2 amide bonds. The van der Waals surface area contributed by atoms with E-state index in [-0.39, 0.29) is 81.9 Å². The number of nitriles is 1. The summed E-state index contributed by atoms with van der Waals surface area (Å²) in [6, 6.07) is 57.0. The lowest BCUT2D eigenvalue weighted by Gasteiger charge is -2.13. The number of hydrazine groups is 1. The molecule has 5 heterocycles. The molecule has 0 aliphatic carbocycles. The van der Waals surface area contributed by atoms with E-state index in [1.165, 1.54) is 86.2 Å². The average molecular weight is 2040 g/mol. The molecule has 8 aromatic carbocycles. The van der Waals surface area contributed by atoms with Crippen LogP contribution in [0.4, 0.5) is 8.78 Å². The lowest BCUT2D eigenvalue weighted by Crippen LogP contribution is -2.42. The monoisotopic (exact) mass is 2030 g/mol. The van der Waals surface area contributed by atoms with E-state index in [1.54, 1.807) is 72.8 Å². The van der Waals surface area contributed by atoms with Crippen LogP contribution in [-0.2, 0) is 27.1 Å². The number of aromatic nitrogens is 10. The number of nitrogens with two attached hydrogens (primary N) is 1. The first-order chi connectivity index (χ1) is 58.2. The molecule has 622 valence electrons. The normalized spacial score (nSPS) is 10.4. The van der Waals surface area contributed by atoms with Crippen LogP contribution in [0.1, 0.15) is 59.6 Å². The quantitative estimate of drug-likeness (QED) is 0.0144. The second-order valence-electron chi connectivity index (χ2n) is 23.7. The summed E-state index contributed by atoms with van der Waals surface area (Å²) < 4.78 is 78.3. The van der Waals surface area contributed by atoms with Crippen molar-refractivity contribution in [3.8, 4) is 104 Å². The lowest BCUT2D eigenvalue weighted by atomic mass is 10.1. The van der Waals surface area contributed by atoms with Gasteiger partial charge >= 0.3 is 11.9 Å². The Hall–Kier alpha value is -13.0. The van der Waals surface area contributed by atoms with E-state index in [0.29, 0.717) is 57.5 Å². The van der Waals surface area contributed by atoms with Gasteiger partial charge in [-0.05, 0) is 120 Å². The molecule has 0 saturated carbocycles. The second kappa shape index (κ2) is 46.4. The van der Waals surface area contributed by atoms with Gasteiger partial charge in [-0.25, -0.2) is 38.3 Å². The van der Waals surface area contributed by atoms with Crippen molar-refractivity contribution in [3.05, 3.63) is 288 Å². The van der Waals surface area contributed by atoms with Crippen molar-refractivity contribution >= 4 is 125 Å². The number of halogens is 8. The summed E-state index contributed by atoms with van der Waals surface area (Å²) in [5, 5.41) is 37.2. The number of amidine groups is 1. The molecular weight excluding hydrogens is 1970 g/mol. The topological polar surface area (TPSA) is 431 Å². The molecule has 0 spiro atoms. The Morgan fingerprint density at radius 1 is 0.488 bits per heavy atom. The van der Waals surface area contributed by atoms with Gasteiger partial charge in [0.1, 0.15) is 17.5 Å². The number of nitrogens with zero attached hydrogens (tertiary/aromatic N) is 11. The minimum Gasteiger partial charge on any atom is -0.501 e. The van der Waals surface area contributed by atoms with Crippen LogP contribution in [0.5, 0.6) is 40.6 Å². The zero-order chi connectivity index (χ0) is 87.8. The summed E-state index contributed by atoms with van der Waals surface area (Å²) in [5.74, 6) is -1.37. The van der Waals surface area contributed by atoms with Gasteiger partial charge in [0.15, 0.2) is 46.1 Å². The van der Waals surface area contributed by atoms with Gasteiger partial charge < -0.3 is 63.3 Å². The van der Waals surface area contributed by atoms with E-state index in [0.717, 1.165) is 50.6 Å². The first-order valence-corrected chi connectivity index (χ1v) is 39.3. The molecule has 0 aliphatic rings. The zero-order valence-corrected chi connectivity index (χ0v) is 74.0. The van der Waals surface area contributed by atoms with Gasteiger partial charge in [0.05, 0.1) is 81.4 Å². The third kappa shape index (κ3) is 27.0. The van der Waals surface area contributed by atoms with E-state index in [9.17, 15) is 37.9 Å². The van der Waals surface area contributed by atoms with Crippen molar-refractivity contribution in [1.82, 2.24) is 60.9 Å². The highest BCUT2D eigenvalue weighted by molar-refractivity contribution is 9.11. The zero-order valence-electron chi connectivity index (χ0n) is 64.5. The number of carbonyl (C=O) groups excluding carboxylic acids is 4. The fraction of sp³-hybridized carbons (Fsp3) is 0.122. The first-order valence-electron chi connectivity index (χ1n) is 34.5. The molecule has 0 bridgehead atoms. The average Bonchev–Trinajstić information content (AvgIpc) is 1.77. The number of oxime groups is 1. The maximum Gasteiger partial charge on any atom is 0.360 e. The SMILES string of the molecule is COC(=O)c1nc(-c2ccc(Br)cc2)[nH]c(=O)c1O.COC(=O)c1nc(-c2ccc(Br)cc2)nc(OC)c1OC.COc1nc(-c2ccc(Br)cc2)nc(-c2nnc(Cc3ccc(F)cc3)o2)c1OC.COc1nc(-c2ccc(Br)cc2)nc(C(=O)NNC(=O)Cc2ccc(F)cc2)c1OC.N#Cc1ccc(Br)cc1.NC(=NO)c1ccc(Br)cc1. The number of nitrogens with one attached hydrogen (secondary N) is 3. The van der Waals surface area contributed by atoms with E-state index in [4.69, 9.17) is 53.8 Å². The van der Waals surface area contributed by atoms with Gasteiger partial charge in [0.2, 0.25) is 34.8 Å². The van der Waals surface area contributed by atoms with E-state index >= 15 is 0 Å². The molecule has 13 rings (SSSR count). The highest BCUT2D eigenvalue weighted by atomic mass is 79.9. The molecule has 7 N–H and O–H groups in total. The predicted octanol–water partition coefficient (Wildman–Crippen LogP) is 16.0. The Morgan fingerprint density at radius 2 is 0.884 bits per heavy atom. The smallest absolute Gasteiger partial charge is 0.360 e. The molecule has 0 saturated heterocycles. The fourth-order valence-corrected chi connectivity index (χ4v) is 11.4. The van der Waals surface area contributed by atoms with Crippen molar-refractivity contribution in [2.45, 2.75) is 12.8 Å². The lowest BCUT2D eigenvalue weighted by molar-refractivity contribution is -0.121. The number of carbonyl (C=O) groups is 4. The van der Waals surface area contributed by atoms with Crippen LogP contribution in [0.3, 0.4) is 0 Å². The maximum absolute atomic E-state index is 13.1. The molecule has 0 radical (unpaired) electrons. The van der Waals surface area contributed by atoms with Crippen LogP contribution < -0.4 is 50.6 Å². The van der Waals surface area contributed by atoms with E-state index < -0.39 is 46.6 Å². The van der Waals surface area contributed by atoms with Crippen LogP contribution in [0.15, 0.2) is 235 Å². The number of ether oxygens (including phenoxy) is 8. The minimum atomic E-state index is -0.873. The fourth-order valence-electron chi connectivity index (χ4n) is 9.84. The first kappa shape index (κ1) is 93.5. The number of aromatic amines is 1. The molecule has 39 heteroatoms. The van der Waals surface area contributed by atoms with Gasteiger partial charge in [-0.15, -0.1) is 10.2 Å². The van der Waals surface area contributed by atoms with E-state index in [1.807, 2.05) is 91.0 Å².